The molecule has 19 heavy (non-hydrogen) atoms. The van der Waals surface area contributed by atoms with Crippen molar-refractivity contribution in [3.8, 4) is 5.75 Å². The molecule has 1 fully saturated rings. The van der Waals surface area contributed by atoms with Gasteiger partial charge in [-0.25, -0.2) is 4.39 Å². The Hall–Kier alpha value is -1.13. The van der Waals surface area contributed by atoms with Crippen LogP contribution in [0.25, 0.3) is 0 Å². The van der Waals surface area contributed by atoms with E-state index in [0.29, 0.717) is 17.2 Å². The van der Waals surface area contributed by atoms with Crippen LogP contribution < -0.4 is 10.1 Å². The number of ether oxygens (including phenoxy) is 2. The maximum atomic E-state index is 14.2. The molecule has 0 saturated carbocycles. The van der Waals surface area contributed by atoms with Crippen LogP contribution in [0.15, 0.2) is 18.2 Å². The van der Waals surface area contributed by atoms with Gasteiger partial charge in [-0.05, 0) is 26.0 Å². The molecule has 3 atom stereocenters. The first kappa shape index (κ1) is 14.3. The highest BCUT2D eigenvalue weighted by Crippen LogP contribution is 2.35. The molecule has 1 aromatic rings. The highest BCUT2D eigenvalue weighted by molar-refractivity contribution is 5.31. The number of halogens is 1. The van der Waals surface area contributed by atoms with Crippen molar-refractivity contribution >= 4 is 0 Å². The van der Waals surface area contributed by atoms with E-state index < -0.39 is 0 Å². The topological polar surface area (TPSA) is 30.5 Å². The Labute approximate surface area is 114 Å². The van der Waals surface area contributed by atoms with E-state index in [2.05, 4.69) is 12.2 Å². The standard InChI is InChI=1S/C15H22FNO2/c1-4-17-15(12-7-8-19-10(12)2)13-6-5-11(18-3)9-14(13)16/h5-6,9-10,12,15,17H,4,7-8H2,1-3H3. The van der Waals surface area contributed by atoms with Crippen LogP contribution in [0.5, 0.6) is 5.75 Å². The summed E-state index contributed by atoms with van der Waals surface area (Å²) in [6.07, 6.45) is 1.12. The molecule has 1 aromatic carbocycles. The minimum absolute atomic E-state index is 0.00611. The fraction of sp³-hybridized carbons (Fsp3) is 0.600. The quantitative estimate of drug-likeness (QED) is 0.889. The Kier molecular flexibility index (Phi) is 4.77. The van der Waals surface area contributed by atoms with Gasteiger partial charge in [0.15, 0.2) is 0 Å². The first-order chi connectivity index (χ1) is 9.17. The fourth-order valence-corrected chi connectivity index (χ4v) is 2.78. The molecule has 0 radical (unpaired) electrons. The summed E-state index contributed by atoms with van der Waals surface area (Å²) in [5.41, 5.74) is 0.699. The van der Waals surface area contributed by atoms with E-state index in [0.717, 1.165) is 19.6 Å². The molecule has 0 spiro atoms. The zero-order valence-corrected chi connectivity index (χ0v) is 11.8. The van der Waals surface area contributed by atoms with Gasteiger partial charge in [-0.2, -0.15) is 0 Å². The zero-order chi connectivity index (χ0) is 13.8. The van der Waals surface area contributed by atoms with Crippen molar-refractivity contribution in [1.82, 2.24) is 5.32 Å². The Morgan fingerprint density at radius 2 is 2.32 bits per heavy atom. The molecule has 3 nitrogen and oxygen atoms in total. The lowest BCUT2D eigenvalue weighted by Crippen LogP contribution is -2.32. The minimum Gasteiger partial charge on any atom is -0.497 e. The summed E-state index contributed by atoms with van der Waals surface area (Å²) in [6, 6.07) is 5.06. The number of benzene rings is 1. The minimum atomic E-state index is -0.218. The number of methoxy groups -OCH3 is 1. The smallest absolute Gasteiger partial charge is 0.131 e. The molecule has 2 rings (SSSR count). The van der Waals surface area contributed by atoms with Crippen LogP contribution in [0.4, 0.5) is 4.39 Å². The zero-order valence-electron chi connectivity index (χ0n) is 11.8. The molecule has 1 N–H and O–H groups in total. The monoisotopic (exact) mass is 267 g/mol. The van der Waals surface area contributed by atoms with Crippen molar-refractivity contribution < 1.29 is 13.9 Å². The van der Waals surface area contributed by atoms with Crippen LogP contribution in [0, 0.1) is 11.7 Å². The third kappa shape index (κ3) is 3.07. The lowest BCUT2D eigenvalue weighted by atomic mass is 9.88. The van der Waals surface area contributed by atoms with E-state index in [-0.39, 0.29) is 18.0 Å². The van der Waals surface area contributed by atoms with Crippen LogP contribution in [-0.2, 0) is 4.74 Å². The second-order valence-electron chi connectivity index (χ2n) is 4.95. The van der Waals surface area contributed by atoms with E-state index in [1.807, 2.05) is 19.1 Å². The second-order valence-corrected chi connectivity index (χ2v) is 4.95. The summed E-state index contributed by atoms with van der Waals surface area (Å²) in [6.45, 7) is 5.66. The normalized spacial score (nSPS) is 24.4. The van der Waals surface area contributed by atoms with Gasteiger partial charge < -0.3 is 14.8 Å². The molecule has 1 aliphatic heterocycles. The number of rotatable bonds is 5. The summed E-state index contributed by atoms with van der Waals surface area (Å²) in [5.74, 6) is 0.638. The molecular formula is C15H22FNO2. The molecular weight excluding hydrogens is 245 g/mol. The number of hydrogen-bond acceptors (Lipinski definition) is 3. The highest BCUT2D eigenvalue weighted by Gasteiger charge is 2.33. The maximum Gasteiger partial charge on any atom is 0.131 e. The molecule has 3 unspecified atom stereocenters. The predicted octanol–water partition coefficient (Wildman–Crippen LogP) is 2.91. The van der Waals surface area contributed by atoms with Gasteiger partial charge in [-0.15, -0.1) is 0 Å². The van der Waals surface area contributed by atoms with Crippen molar-refractivity contribution in [2.75, 3.05) is 20.3 Å². The van der Waals surface area contributed by atoms with E-state index in [9.17, 15) is 4.39 Å². The molecule has 1 heterocycles. The molecule has 4 heteroatoms. The van der Waals surface area contributed by atoms with Gasteiger partial charge >= 0.3 is 0 Å². The first-order valence-corrected chi connectivity index (χ1v) is 6.85. The molecule has 106 valence electrons. The van der Waals surface area contributed by atoms with Gasteiger partial charge in [0.05, 0.1) is 13.2 Å². The number of nitrogens with one attached hydrogen (secondary N) is 1. The summed E-state index contributed by atoms with van der Waals surface area (Å²) in [4.78, 5) is 0. The molecule has 0 bridgehead atoms. The Morgan fingerprint density at radius 1 is 1.53 bits per heavy atom. The third-order valence-corrected chi connectivity index (χ3v) is 3.83. The largest absolute Gasteiger partial charge is 0.497 e. The van der Waals surface area contributed by atoms with E-state index in [1.54, 1.807) is 7.11 Å². The van der Waals surface area contributed by atoms with Gasteiger partial charge in [-0.3, -0.25) is 0 Å². The van der Waals surface area contributed by atoms with Crippen molar-refractivity contribution in [2.24, 2.45) is 5.92 Å². The highest BCUT2D eigenvalue weighted by atomic mass is 19.1. The van der Waals surface area contributed by atoms with Crippen LogP contribution in [0.2, 0.25) is 0 Å². The lowest BCUT2D eigenvalue weighted by molar-refractivity contribution is 0.0951. The Balaban J connectivity index is 2.28. The molecule has 0 aromatic heterocycles. The average Bonchev–Trinajstić information content (AvgIpc) is 2.82. The van der Waals surface area contributed by atoms with Crippen molar-refractivity contribution in [1.29, 1.82) is 0 Å². The van der Waals surface area contributed by atoms with Crippen LogP contribution >= 0.6 is 0 Å². The summed E-state index contributed by atoms with van der Waals surface area (Å²) >= 11 is 0. The van der Waals surface area contributed by atoms with Gasteiger partial charge in [0.2, 0.25) is 0 Å². The Morgan fingerprint density at radius 3 is 2.84 bits per heavy atom. The SMILES string of the molecule is CCNC(c1ccc(OC)cc1F)C1CCOC1C. The van der Waals surface area contributed by atoms with Gasteiger partial charge in [-0.1, -0.05) is 13.0 Å². The molecule has 1 saturated heterocycles. The number of hydrogen-bond donors (Lipinski definition) is 1. The lowest BCUT2D eigenvalue weighted by Gasteiger charge is -2.27. The molecule has 0 amide bonds. The summed E-state index contributed by atoms with van der Waals surface area (Å²) in [5, 5.41) is 3.39. The van der Waals surface area contributed by atoms with E-state index in [4.69, 9.17) is 9.47 Å². The Bertz CT molecular complexity index is 425. The predicted molar refractivity (Wildman–Crippen MR) is 72.9 cm³/mol. The van der Waals surface area contributed by atoms with E-state index >= 15 is 0 Å². The van der Waals surface area contributed by atoms with Crippen molar-refractivity contribution in [3.63, 3.8) is 0 Å². The van der Waals surface area contributed by atoms with Gasteiger partial charge in [0.25, 0.3) is 0 Å². The molecule has 0 aliphatic carbocycles. The maximum absolute atomic E-state index is 14.2. The first-order valence-electron chi connectivity index (χ1n) is 6.85. The van der Waals surface area contributed by atoms with Crippen molar-refractivity contribution in [2.45, 2.75) is 32.4 Å². The fourth-order valence-electron chi connectivity index (χ4n) is 2.78. The molecule has 1 aliphatic rings. The van der Waals surface area contributed by atoms with E-state index in [1.165, 1.54) is 6.07 Å². The second kappa shape index (κ2) is 6.35. The summed E-state index contributed by atoms with van der Waals surface area (Å²) < 4.78 is 24.9. The van der Waals surface area contributed by atoms with Gasteiger partial charge in [0, 0.05) is 30.2 Å². The summed E-state index contributed by atoms with van der Waals surface area (Å²) in [7, 11) is 1.54. The van der Waals surface area contributed by atoms with Crippen LogP contribution in [0.1, 0.15) is 31.9 Å². The average molecular weight is 267 g/mol. The van der Waals surface area contributed by atoms with Crippen LogP contribution in [-0.4, -0.2) is 26.4 Å². The van der Waals surface area contributed by atoms with Crippen LogP contribution in [0.3, 0.4) is 0 Å². The van der Waals surface area contributed by atoms with Gasteiger partial charge in [0.1, 0.15) is 11.6 Å². The van der Waals surface area contributed by atoms with Crippen molar-refractivity contribution in [3.05, 3.63) is 29.6 Å². The third-order valence-electron chi connectivity index (χ3n) is 3.83.